The zero-order valence-corrected chi connectivity index (χ0v) is 14.1. The van der Waals surface area contributed by atoms with Crippen LogP contribution >= 0.6 is 0 Å². The molecular formula is C19H20F2N4O. The van der Waals surface area contributed by atoms with Gasteiger partial charge in [0.2, 0.25) is 0 Å². The highest BCUT2D eigenvalue weighted by Gasteiger charge is 2.38. The van der Waals surface area contributed by atoms with Crippen molar-refractivity contribution in [3.05, 3.63) is 59.2 Å². The molecule has 136 valence electrons. The topological polar surface area (TPSA) is 93.5 Å². The van der Waals surface area contributed by atoms with Gasteiger partial charge in [-0.2, -0.15) is 0 Å². The lowest BCUT2D eigenvalue weighted by Crippen LogP contribution is -2.45. The van der Waals surface area contributed by atoms with Crippen molar-refractivity contribution in [3.63, 3.8) is 0 Å². The molecule has 3 rings (SSSR count). The highest BCUT2D eigenvalue weighted by atomic mass is 19.2. The number of rotatable bonds is 4. The van der Waals surface area contributed by atoms with Gasteiger partial charge < -0.3 is 16.8 Å². The SMILES string of the molecule is NC(=O)c1cccc(C=Nc2ccc(C3(F)CNCC(F)C3)cc2)c1N. The Morgan fingerprint density at radius 1 is 1.27 bits per heavy atom. The van der Waals surface area contributed by atoms with E-state index in [-0.39, 0.29) is 30.8 Å². The Balaban J connectivity index is 1.79. The summed E-state index contributed by atoms with van der Waals surface area (Å²) < 4.78 is 28.4. The van der Waals surface area contributed by atoms with E-state index in [1.807, 2.05) is 0 Å². The van der Waals surface area contributed by atoms with Crippen molar-refractivity contribution in [3.8, 4) is 0 Å². The van der Waals surface area contributed by atoms with E-state index in [1.54, 1.807) is 42.5 Å². The molecule has 1 amide bonds. The molecule has 1 heterocycles. The first-order valence-electron chi connectivity index (χ1n) is 8.26. The van der Waals surface area contributed by atoms with Crippen molar-refractivity contribution < 1.29 is 13.6 Å². The first-order chi connectivity index (χ1) is 12.4. The lowest BCUT2D eigenvalue weighted by atomic mass is 9.87. The maximum absolute atomic E-state index is 14.9. The van der Waals surface area contributed by atoms with Crippen LogP contribution in [0.25, 0.3) is 0 Å². The highest BCUT2D eigenvalue weighted by molar-refractivity contribution is 6.02. The molecule has 26 heavy (non-hydrogen) atoms. The Bertz CT molecular complexity index is 838. The molecule has 2 aromatic rings. The summed E-state index contributed by atoms with van der Waals surface area (Å²) in [6.07, 6.45) is 0.160. The number of nitrogens with two attached hydrogens (primary N) is 2. The summed E-state index contributed by atoms with van der Waals surface area (Å²) in [5, 5.41) is 2.77. The molecule has 0 aromatic heterocycles. The first-order valence-corrected chi connectivity index (χ1v) is 8.26. The van der Waals surface area contributed by atoms with Crippen molar-refractivity contribution in [1.29, 1.82) is 0 Å². The fraction of sp³-hybridized carbons (Fsp3) is 0.263. The maximum atomic E-state index is 14.9. The number of nitrogen functional groups attached to an aromatic ring is 1. The number of carbonyl (C=O) groups is 1. The molecule has 0 radical (unpaired) electrons. The van der Waals surface area contributed by atoms with Crippen LogP contribution in [-0.4, -0.2) is 31.4 Å². The average Bonchev–Trinajstić information content (AvgIpc) is 2.61. The summed E-state index contributed by atoms with van der Waals surface area (Å²) in [7, 11) is 0. The van der Waals surface area contributed by atoms with Crippen molar-refractivity contribution in [2.45, 2.75) is 18.3 Å². The number of nitrogens with zero attached hydrogens (tertiary/aromatic N) is 1. The number of amides is 1. The normalized spacial score (nSPS) is 23.2. The molecule has 2 unspecified atom stereocenters. The summed E-state index contributed by atoms with van der Waals surface area (Å²) >= 11 is 0. The smallest absolute Gasteiger partial charge is 0.250 e. The Hall–Kier alpha value is -2.80. The number of aliphatic imine (C=N–C) groups is 1. The van der Waals surface area contributed by atoms with Crippen LogP contribution in [0.2, 0.25) is 0 Å². The third-order valence-electron chi connectivity index (χ3n) is 4.46. The second-order valence-corrected chi connectivity index (χ2v) is 6.38. The summed E-state index contributed by atoms with van der Waals surface area (Å²) in [5.41, 5.74) is 11.5. The molecule has 0 bridgehead atoms. The van der Waals surface area contributed by atoms with Crippen LogP contribution in [0.3, 0.4) is 0 Å². The van der Waals surface area contributed by atoms with Crippen LogP contribution in [0, 0.1) is 0 Å². The molecule has 0 saturated carbocycles. The Labute approximate surface area is 150 Å². The monoisotopic (exact) mass is 358 g/mol. The van der Waals surface area contributed by atoms with Gasteiger partial charge in [0.05, 0.1) is 16.9 Å². The average molecular weight is 358 g/mol. The minimum absolute atomic E-state index is 0.0898. The van der Waals surface area contributed by atoms with E-state index >= 15 is 0 Å². The van der Waals surface area contributed by atoms with Crippen LogP contribution in [0.1, 0.15) is 27.9 Å². The van der Waals surface area contributed by atoms with Crippen LogP contribution in [-0.2, 0) is 5.67 Å². The van der Waals surface area contributed by atoms with Gasteiger partial charge in [0.25, 0.3) is 5.91 Å². The summed E-state index contributed by atoms with van der Waals surface area (Å²) in [6.45, 7) is 0.270. The van der Waals surface area contributed by atoms with E-state index in [4.69, 9.17) is 11.5 Å². The standard InChI is InChI=1S/C19H20F2N4O/c20-14-8-19(21,11-24-10-14)13-4-6-15(7-5-13)25-9-12-2-1-3-16(17(12)22)18(23)26/h1-7,9,14,24H,8,10-11,22H2,(H2,23,26). The number of para-hydroxylation sites is 1. The minimum Gasteiger partial charge on any atom is -0.398 e. The molecule has 1 fully saturated rings. The third kappa shape index (κ3) is 3.72. The van der Waals surface area contributed by atoms with Gasteiger partial charge in [0, 0.05) is 31.3 Å². The molecule has 2 atom stereocenters. The number of alkyl halides is 2. The van der Waals surface area contributed by atoms with Crippen molar-refractivity contribution >= 4 is 23.5 Å². The lowest BCUT2D eigenvalue weighted by molar-refractivity contribution is 0.0712. The predicted octanol–water partition coefficient (Wildman–Crippen LogP) is 2.61. The molecule has 1 aliphatic rings. The molecule has 1 aliphatic heterocycles. The van der Waals surface area contributed by atoms with E-state index in [1.165, 1.54) is 6.21 Å². The van der Waals surface area contributed by atoms with E-state index in [0.29, 0.717) is 16.8 Å². The number of primary amides is 1. The van der Waals surface area contributed by atoms with Crippen LogP contribution in [0.15, 0.2) is 47.5 Å². The lowest BCUT2D eigenvalue weighted by Gasteiger charge is -2.32. The third-order valence-corrected chi connectivity index (χ3v) is 4.46. The van der Waals surface area contributed by atoms with Gasteiger partial charge in [-0.1, -0.05) is 24.3 Å². The fourth-order valence-electron chi connectivity index (χ4n) is 3.04. The molecule has 2 aromatic carbocycles. The Morgan fingerprint density at radius 2 is 2.00 bits per heavy atom. The zero-order valence-electron chi connectivity index (χ0n) is 14.1. The summed E-state index contributed by atoms with van der Waals surface area (Å²) in [4.78, 5) is 15.6. The molecular weight excluding hydrogens is 338 g/mol. The Kier molecular flexibility index (Phi) is 4.99. The minimum atomic E-state index is -1.72. The Morgan fingerprint density at radius 3 is 2.65 bits per heavy atom. The van der Waals surface area contributed by atoms with Crippen LogP contribution in [0.5, 0.6) is 0 Å². The number of hydrogen-bond donors (Lipinski definition) is 3. The zero-order chi connectivity index (χ0) is 18.7. The second kappa shape index (κ2) is 7.21. The number of piperidine rings is 1. The molecule has 0 spiro atoms. The van der Waals surface area contributed by atoms with Gasteiger partial charge in [-0.3, -0.25) is 9.79 Å². The number of hydrogen-bond acceptors (Lipinski definition) is 4. The van der Waals surface area contributed by atoms with Gasteiger partial charge in [-0.25, -0.2) is 8.78 Å². The molecule has 1 saturated heterocycles. The highest BCUT2D eigenvalue weighted by Crippen LogP contribution is 2.34. The summed E-state index contributed by atoms with van der Waals surface area (Å²) in [5.74, 6) is -0.609. The van der Waals surface area contributed by atoms with Crippen LogP contribution < -0.4 is 16.8 Å². The second-order valence-electron chi connectivity index (χ2n) is 6.38. The van der Waals surface area contributed by atoms with Gasteiger partial charge in [-0.05, 0) is 23.8 Å². The fourth-order valence-corrected chi connectivity index (χ4v) is 3.04. The summed E-state index contributed by atoms with van der Waals surface area (Å²) in [6, 6.07) is 11.4. The van der Waals surface area contributed by atoms with Gasteiger partial charge >= 0.3 is 0 Å². The van der Waals surface area contributed by atoms with E-state index in [9.17, 15) is 13.6 Å². The van der Waals surface area contributed by atoms with E-state index in [2.05, 4.69) is 10.3 Å². The van der Waals surface area contributed by atoms with Crippen molar-refractivity contribution in [2.75, 3.05) is 18.8 Å². The molecule has 5 nitrogen and oxygen atoms in total. The molecule has 0 aliphatic carbocycles. The van der Waals surface area contributed by atoms with E-state index in [0.717, 1.165) is 0 Å². The van der Waals surface area contributed by atoms with Gasteiger partial charge in [0.1, 0.15) is 6.17 Å². The number of carbonyl (C=O) groups excluding carboxylic acids is 1. The molecule has 5 N–H and O–H groups in total. The maximum Gasteiger partial charge on any atom is 0.250 e. The van der Waals surface area contributed by atoms with Gasteiger partial charge in [-0.15, -0.1) is 0 Å². The number of nitrogens with one attached hydrogen (secondary N) is 1. The number of halogens is 2. The largest absolute Gasteiger partial charge is 0.398 e. The number of anilines is 1. The number of benzene rings is 2. The first kappa shape index (κ1) is 18.0. The van der Waals surface area contributed by atoms with Crippen LogP contribution in [0.4, 0.5) is 20.2 Å². The molecule has 7 heteroatoms. The van der Waals surface area contributed by atoms with Crippen molar-refractivity contribution in [2.24, 2.45) is 10.7 Å². The quantitative estimate of drug-likeness (QED) is 0.579. The van der Waals surface area contributed by atoms with Gasteiger partial charge in [0.15, 0.2) is 5.67 Å². The van der Waals surface area contributed by atoms with Crippen molar-refractivity contribution in [1.82, 2.24) is 5.32 Å². The predicted molar refractivity (Wildman–Crippen MR) is 98.2 cm³/mol. The van der Waals surface area contributed by atoms with E-state index < -0.39 is 17.7 Å².